The molecule has 0 aliphatic heterocycles. The van der Waals surface area contributed by atoms with Gasteiger partial charge in [-0.15, -0.1) is 0 Å². The summed E-state index contributed by atoms with van der Waals surface area (Å²) in [6.07, 6.45) is 0. The number of rotatable bonds is 3. The van der Waals surface area contributed by atoms with E-state index in [4.69, 9.17) is 10.00 Å². The first kappa shape index (κ1) is 9.34. The van der Waals surface area contributed by atoms with Crippen LogP contribution in [-0.4, -0.2) is 6.61 Å². The van der Waals surface area contributed by atoms with Crippen LogP contribution in [0.2, 0.25) is 0 Å². The quantitative estimate of drug-likeness (QED) is 0.658. The Labute approximate surface area is 78.1 Å². The van der Waals surface area contributed by atoms with Crippen molar-refractivity contribution in [3.05, 3.63) is 42.0 Å². The fourth-order valence-electron chi connectivity index (χ4n) is 0.862. The molecule has 2 heteroatoms. The van der Waals surface area contributed by atoms with Gasteiger partial charge in [0.05, 0.1) is 11.6 Å². The number of nitrogens with zero attached hydrogens (tertiary/aromatic N) is 1. The predicted molar refractivity (Wildman–Crippen MR) is 51.5 cm³/mol. The van der Waals surface area contributed by atoms with Crippen LogP contribution in [0.1, 0.15) is 12.5 Å². The fourth-order valence-corrected chi connectivity index (χ4v) is 0.862. The smallest absolute Gasteiger partial charge is 0.121 e. The van der Waals surface area contributed by atoms with Gasteiger partial charge in [0.15, 0.2) is 0 Å². The van der Waals surface area contributed by atoms with Gasteiger partial charge in [-0.05, 0) is 30.7 Å². The number of nitriles is 1. The molecule has 0 saturated heterocycles. The van der Waals surface area contributed by atoms with Crippen LogP contribution in [0.3, 0.4) is 0 Å². The molecule has 0 fully saturated rings. The van der Waals surface area contributed by atoms with Crippen LogP contribution < -0.4 is 4.74 Å². The highest BCUT2D eigenvalue weighted by atomic mass is 16.5. The molecule has 0 aromatic heterocycles. The van der Waals surface area contributed by atoms with Crippen LogP contribution in [0.15, 0.2) is 36.4 Å². The Morgan fingerprint density at radius 1 is 1.62 bits per heavy atom. The average molecular weight is 173 g/mol. The van der Waals surface area contributed by atoms with E-state index in [1.165, 1.54) is 0 Å². The van der Waals surface area contributed by atoms with E-state index in [-0.39, 0.29) is 0 Å². The summed E-state index contributed by atoms with van der Waals surface area (Å²) in [5.41, 5.74) is 1.57. The highest BCUT2D eigenvalue weighted by Gasteiger charge is 1.95. The van der Waals surface area contributed by atoms with Gasteiger partial charge in [0.1, 0.15) is 12.4 Å². The topological polar surface area (TPSA) is 33.0 Å². The largest absolute Gasteiger partial charge is 0.489 e. The molecule has 66 valence electrons. The summed E-state index contributed by atoms with van der Waals surface area (Å²) in [6, 6.07) is 9.13. The van der Waals surface area contributed by atoms with E-state index >= 15 is 0 Å². The first-order valence-electron chi connectivity index (χ1n) is 3.99. The zero-order chi connectivity index (χ0) is 9.68. The first-order chi connectivity index (χ1) is 6.22. The van der Waals surface area contributed by atoms with Crippen molar-refractivity contribution in [2.24, 2.45) is 0 Å². The lowest BCUT2D eigenvalue weighted by Crippen LogP contribution is -1.97. The van der Waals surface area contributed by atoms with Gasteiger partial charge in [-0.3, -0.25) is 0 Å². The molecular formula is C11H11NO. The molecule has 0 amide bonds. The van der Waals surface area contributed by atoms with Crippen molar-refractivity contribution in [3.63, 3.8) is 0 Å². The summed E-state index contributed by atoms with van der Waals surface area (Å²) in [4.78, 5) is 0. The van der Waals surface area contributed by atoms with E-state index in [0.29, 0.717) is 17.9 Å². The lowest BCUT2D eigenvalue weighted by molar-refractivity contribution is 0.352. The van der Waals surface area contributed by atoms with E-state index < -0.39 is 0 Å². The van der Waals surface area contributed by atoms with Crippen molar-refractivity contribution in [1.29, 1.82) is 5.26 Å². The van der Waals surface area contributed by atoms with Gasteiger partial charge < -0.3 is 4.74 Å². The van der Waals surface area contributed by atoms with Crippen molar-refractivity contribution in [2.45, 2.75) is 6.92 Å². The molecule has 0 saturated carbocycles. The molecule has 0 unspecified atom stereocenters. The maximum Gasteiger partial charge on any atom is 0.121 e. The average Bonchev–Trinajstić information content (AvgIpc) is 2.15. The Kier molecular flexibility index (Phi) is 3.10. The molecule has 0 atom stereocenters. The van der Waals surface area contributed by atoms with E-state index in [1.807, 2.05) is 13.0 Å². The van der Waals surface area contributed by atoms with Gasteiger partial charge in [0.2, 0.25) is 0 Å². The van der Waals surface area contributed by atoms with E-state index in [0.717, 1.165) is 5.57 Å². The zero-order valence-corrected chi connectivity index (χ0v) is 7.58. The van der Waals surface area contributed by atoms with E-state index in [2.05, 4.69) is 12.6 Å². The van der Waals surface area contributed by atoms with Crippen LogP contribution in [0.5, 0.6) is 5.75 Å². The third-order valence-electron chi connectivity index (χ3n) is 1.45. The summed E-state index contributed by atoms with van der Waals surface area (Å²) in [5, 5.41) is 8.62. The summed E-state index contributed by atoms with van der Waals surface area (Å²) in [6.45, 7) is 6.11. The molecule has 0 aliphatic rings. The Bertz CT molecular complexity index is 349. The van der Waals surface area contributed by atoms with E-state index in [1.54, 1.807) is 18.2 Å². The molecule has 0 aliphatic carbocycles. The maximum absolute atomic E-state index is 8.62. The molecule has 0 radical (unpaired) electrons. The summed E-state index contributed by atoms with van der Waals surface area (Å²) >= 11 is 0. The minimum Gasteiger partial charge on any atom is -0.489 e. The van der Waals surface area contributed by atoms with Gasteiger partial charge in [-0.2, -0.15) is 5.26 Å². The van der Waals surface area contributed by atoms with Crippen LogP contribution in [0.4, 0.5) is 0 Å². The third kappa shape index (κ3) is 3.00. The molecule has 0 spiro atoms. The minimum absolute atomic E-state index is 0.495. The number of hydrogen-bond donors (Lipinski definition) is 0. The molecule has 1 aromatic carbocycles. The van der Waals surface area contributed by atoms with Gasteiger partial charge in [-0.1, -0.05) is 12.6 Å². The molecule has 0 bridgehead atoms. The highest BCUT2D eigenvalue weighted by Crippen LogP contribution is 2.12. The Hall–Kier alpha value is -1.75. The van der Waals surface area contributed by atoms with Crippen LogP contribution >= 0.6 is 0 Å². The lowest BCUT2D eigenvalue weighted by atomic mass is 10.2. The number of benzene rings is 1. The van der Waals surface area contributed by atoms with Crippen molar-refractivity contribution in [2.75, 3.05) is 6.61 Å². The standard InChI is InChI=1S/C11H11NO/c1-9(2)8-13-11-5-3-4-10(6-11)7-12/h3-6H,1,8H2,2H3. The third-order valence-corrected chi connectivity index (χ3v) is 1.45. The SMILES string of the molecule is C=C(C)COc1cccc(C#N)c1. The van der Waals surface area contributed by atoms with Crippen molar-refractivity contribution >= 4 is 0 Å². The maximum atomic E-state index is 8.62. The Balaban J connectivity index is 2.68. The zero-order valence-electron chi connectivity index (χ0n) is 7.58. The normalized spacial score (nSPS) is 8.92. The molecule has 2 nitrogen and oxygen atoms in total. The number of hydrogen-bond acceptors (Lipinski definition) is 2. The van der Waals surface area contributed by atoms with Crippen molar-refractivity contribution < 1.29 is 4.74 Å². The van der Waals surface area contributed by atoms with Crippen LogP contribution in [0, 0.1) is 11.3 Å². The van der Waals surface area contributed by atoms with Gasteiger partial charge in [0.25, 0.3) is 0 Å². The number of ether oxygens (including phenoxy) is 1. The van der Waals surface area contributed by atoms with E-state index in [9.17, 15) is 0 Å². The Morgan fingerprint density at radius 2 is 2.38 bits per heavy atom. The second kappa shape index (κ2) is 4.32. The van der Waals surface area contributed by atoms with Gasteiger partial charge in [0, 0.05) is 0 Å². The van der Waals surface area contributed by atoms with Crippen LogP contribution in [-0.2, 0) is 0 Å². The summed E-state index contributed by atoms with van der Waals surface area (Å²) in [7, 11) is 0. The van der Waals surface area contributed by atoms with Crippen LogP contribution in [0.25, 0.3) is 0 Å². The molecule has 0 N–H and O–H groups in total. The monoisotopic (exact) mass is 173 g/mol. The van der Waals surface area contributed by atoms with Gasteiger partial charge >= 0.3 is 0 Å². The predicted octanol–water partition coefficient (Wildman–Crippen LogP) is 2.51. The lowest BCUT2D eigenvalue weighted by Gasteiger charge is -2.04. The fraction of sp³-hybridized carbons (Fsp3) is 0.182. The molecule has 1 aromatic rings. The molecule has 0 heterocycles. The minimum atomic E-state index is 0.495. The summed E-state index contributed by atoms with van der Waals surface area (Å²) < 4.78 is 5.36. The molecule has 13 heavy (non-hydrogen) atoms. The molecular weight excluding hydrogens is 162 g/mol. The Morgan fingerprint density at radius 3 is 3.00 bits per heavy atom. The first-order valence-corrected chi connectivity index (χ1v) is 3.99. The second-order valence-electron chi connectivity index (χ2n) is 2.89. The second-order valence-corrected chi connectivity index (χ2v) is 2.89. The van der Waals surface area contributed by atoms with Gasteiger partial charge in [-0.25, -0.2) is 0 Å². The van der Waals surface area contributed by atoms with Crippen molar-refractivity contribution in [3.8, 4) is 11.8 Å². The summed E-state index contributed by atoms with van der Waals surface area (Å²) in [5.74, 6) is 0.710. The molecule has 1 rings (SSSR count). The van der Waals surface area contributed by atoms with Crippen molar-refractivity contribution in [1.82, 2.24) is 0 Å². The highest BCUT2D eigenvalue weighted by molar-refractivity contribution is 5.36.